The molecule has 1 aliphatic heterocycles. The van der Waals surface area contributed by atoms with Gasteiger partial charge in [0.1, 0.15) is 11.5 Å². The van der Waals surface area contributed by atoms with Gasteiger partial charge in [-0.15, -0.1) is 0 Å². The fraction of sp³-hybridized carbons (Fsp3) is 0.235. The topological polar surface area (TPSA) is 80.4 Å². The molecule has 2 aromatic rings. The number of hydrogen-bond donors (Lipinski definition) is 2. The van der Waals surface area contributed by atoms with Crippen LogP contribution in [0.25, 0.3) is 0 Å². The summed E-state index contributed by atoms with van der Waals surface area (Å²) in [4.78, 5) is 20.7. The van der Waals surface area contributed by atoms with E-state index in [1.165, 1.54) is 36.2 Å². The molecule has 3 rings (SSSR count). The summed E-state index contributed by atoms with van der Waals surface area (Å²) in [5.41, 5.74) is 6.40. The number of benzene rings is 1. The first-order valence-electron chi connectivity index (χ1n) is 7.58. The summed E-state index contributed by atoms with van der Waals surface area (Å²) in [5, 5.41) is 3.57. The molecule has 130 valence electrons. The third-order valence-corrected chi connectivity index (χ3v) is 4.95. The Bertz CT molecular complexity index is 843. The Morgan fingerprint density at radius 1 is 1.40 bits per heavy atom. The van der Waals surface area contributed by atoms with E-state index in [2.05, 4.69) is 15.3 Å². The molecule has 1 aliphatic rings. The van der Waals surface area contributed by atoms with Crippen molar-refractivity contribution >= 4 is 40.1 Å². The number of aliphatic imine (C=N–C) groups is 1. The number of amidine groups is 1. The van der Waals surface area contributed by atoms with Crippen LogP contribution in [0.1, 0.15) is 29.4 Å². The standard InChI is InChI=1S/C17H16ClFN4OS/c1-17(4-5-25-16(20)23-17)10-6-12(19)8-13(7-10)22-15(24)14-3-2-11(18)9-21-14/h2-3,6-9H,4-5H2,1H3,(H2,20,23)(H,22,24). The number of rotatable bonds is 3. The zero-order valence-corrected chi connectivity index (χ0v) is 15.0. The predicted octanol–water partition coefficient (Wildman–Crippen LogP) is 3.79. The van der Waals surface area contributed by atoms with E-state index in [0.717, 1.165) is 12.2 Å². The monoisotopic (exact) mass is 378 g/mol. The molecule has 0 fully saturated rings. The van der Waals surface area contributed by atoms with Crippen LogP contribution in [0.2, 0.25) is 5.02 Å². The Balaban J connectivity index is 1.88. The van der Waals surface area contributed by atoms with E-state index < -0.39 is 17.3 Å². The average molecular weight is 379 g/mol. The smallest absolute Gasteiger partial charge is 0.274 e. The molecule has 0 saturated carbocycles. The Labute approximate surface area is 153 Å². The summed E-state index contributed by atoms with van der Waals surface area (Å²) >= 11 is 7.24. The Hall–Kier alpha value is -2.12. The lowest BCUT2D eigenvalue weighted by molar-refractivity contribution is 0.102. The summed E-state index contributed by atoms with van der Waals surface area (Å²) in [5.74, 6) is -0.0932. The van der Waals surface area contributed by atoms with E-state index >= 15 is 0 Å². The lowest BCUT2D eigenvalue weighted by atomic mass is 9.89. The number of nitrogens with two attached hydrogens (primary N) is 1. The summed E-state index contributed by atoms with van der Waals surface area (Å²) in [7, 11) is 0. The van der Waals surface area contributed by atoms with E-state index in [0.29, 0.717) is 21.4 Å². The SMILES string of the molecule is CC1(c2cc(F)cc(NC(=O)c3ccc(Cl)cn3)c2)CCSC(N)=N1. The van der Waals surface area contributed by atoms with Crippen LogP contribution in [0.15, 0.2) is 41.5 Å². The highest BCUT2D eigenvalue weighted by atomic mass is 35.5. The van der Waals surface area contributed by atoms with Crippen molar-refractivity contribution in [3.05, 3.63) is 58.6 Å². The molecule has 1 atom stereocenters. The minimum absolute atomic E-state index is 0.192. The number of anilines is 1. The first kappa shape index (κ1) is 17.7. The summed E-state index contributed by atoms with van der Waals surface area (Å²) < 4.78 is 14.1. The molecule has 2 heterocycles. The minimum atomic E-state index is -0.616. The van der Waals surface area contributed by atoms with Gasteiger partial charge in [-0.2, -0.15) is 0 Å². The van der Waals surface area contributed by atoms with Gasteiger partial charge in [-0.3, -0.25) is 9.79 Å². The van der Waals surface area contributed by atoms with Crippen LogP contribution < -0.4 is 11.1 Å². The van der Waals surface area contributed by atoms with Crippen LogP contribution in [0, 0.1) is 5.82 Å². The summed E-state index contributed by atoms with van der Waals surface area (Å²) in [6, 6.07) is 7.46. The fourth-order valence-corrected chi connectivity index (χ4v) is 3.66. The number of carbonyl (C=O) groups is 1. The molecular formula is C17H16ClFN4OS. The van der Waals surface area contributed by atoms with Gasteiger partial charge in [0.25, 0.3) is 5.91 Å². The fourth-order valence-electron chi connectivity index (χ4n) is 2.57. The normalized spacial score (nSPS) is 20.0. The molecule has 5 nitrogen and oxygen atoms in total. The maximum Gasteiger partial charge on any atom is 0.274 e. The zero-order valence-electron chi connectivity index (χ0n) is 13.4. The number of nitrogens with one attached hydrogen (secondary N) is 1. The van der Waals surface area contributed by atoms with E-state index in [4.69, 9.17) is 17.3 Å². The van der Waals surface area contributed by atoms with Crippen LogP contribution in [0.5, 0.6) is 0 Å². The molecule has 3 N–H and O–H groups in total. The van der Waals surface area contributed by atoms with Gasteiger partial charge in [0.05, 0.1) is 10.6 Å². The van der Waals surface area contributed by atoms with Crippen LogP contribution in [-0.2, 0) is 5.54 Å². The lowest BCUT2D eigenvalue weighted by Gasteiger charge is -2.30. The molecule has 1 aromatic carbocycles. The molecule has 0 aliphatic carbocycles. The largest absolute Gasteiger partial charge is 0.379 e. The van der Waals surface area contributed by atoms with Crippen LogP contribution in [0.4, 0.5) is 10.1 Å². The lowest BCUT2D eigenvalue weighted by Crippen LogP contribution is -2.29. The second-order valence-corrected chi connectivity index (χ2v) is 7.42. The summed E-state index contributed by atoms with van der Waals surface area (Å²) in [6.45, 7) is 1.90. The second-order valence-electron chi connectivity index (χ2n) is 5.87. The highest BCUT2D eigenvalue weighted by molar-refractivity contribution is 8.13. The average Bonchev–Trinajstić information content (AvgIpc) is 2.54. The molecule has 1 amide bonds. The van der Waals surface area contributed by atoms with E-state index in [1.54, 1.807) is 12.1 Å². The predicted molar refractivity (Wildman–Crippen MR) is 99.6 cm³/mol. The van der Waals surface area contributed by atoms with Gasteiger partial charge in [-0.05, 0) is 49.2 Å². The first-order valence-corrected chi connectivity index (χ1v) is 8.94. The molecule has 1 aromatic heterocycles. The number of amides is 1. The first-order chi connectivity index (χ1) is 11.9. The Morgan fingerprint density at radius 2 is 2.20 bits per heavy atom. The van der Waals surface area contributed by atoms with Crippen molar-refractivity contribution in [2.45, 2.75) is 18.9 Å². The number of halogens is 2. The Kier molecular flexibility index (Phi) is 4.96. The van der Waals surface area contributed by atoms with E-state index in [9.17, 15) is 9.18 Å². The third-order valence-electron chi connectivity index (χ3n) is 3.93. The molecule has 0 radical (unpaired) electrons. The van der Waals surface area contributed by atoms with Crippen molar-refractivity contribution in [3.63, 3.8) is 0 Å². The van der Waals surface area contributed by atoms with Gasteiger partial charge in [0.2, 0.25) is 0 Å². The molecule has 1 unspecified atom stereocenters. The number of carbonyl (C=O) groups excluding carboxylic acids is 1. The highest BCUT2D eigenvalue weighted by Gasteiger charge is 2.30. The number of hydrogen-bond acceptors (Lipinski definition) is 5. The maximum atomic E-state index is 14.1. The van der Waals surface area contributed by atoms with Crippen molar-refractivity contribution in [1.82, 2.24) is 4.98 Å². The quantitative estimate of drug-likeness (QED) is 0.851. The molecule has 0 spiro atoms. The highest BCUT2D eigenvalue weighted by Crippen LogP contribution is 2.36. The third kappa shape index (κ3) is 4.11. The van der Waals surface area contributed by atoms with Crippen LogP contribution in [-0.4, -0.2) is 21.8 Å². The molecule has 25 heavy (non-hydrogen) atoms. The van der Waals surface area contributed by atoms with Crippen LogP contribution >= 0.6 is 23.4 Å². The van der Waals surface area contributed by atoms with E-state index in [1.807, 2.05) is 6.92 Å². The number of pyridine rings is 1. The Morgan fingerprint density at radius 3 is 2.88 bits per heavy atom. The van der Waals surface area contributed by atoms with Gasteiger partial charge in [0.15, 0.2) is 5.17 Å². The number of thioether (sulfide) groups is 1. The van der Waals surface area contributed by atoms with Gasteiger partial charge in [-0.25, -0.2) is 9.37 Å². The second kappa shape index (κ2) is 7.01. The summed E-state index contributed by atoms with van der Waals surface area (Å²) in [6.07, 6.45) is 2.11. The number of nitrogens with zero attached hydrogens (tertiary/aromatic N) is 2. The molecule has 0 saturated heterocycles. The molecular weight excluding hydrogens is 363 g/mol. The maximum absolute atomic E-state index is 14.1. The zero-order chi connectivity index (χ0) is 18.0. The van der Waals surface area contributed by atoms with Crippen molar-refractivity contribution in [1.29, 1.82) is 0 Å². The van der Waals surface area contributed by atoms with Gasteiger partial charge < -0.3 is 11.1 Å². The van der Waals surface area contributed by atoms with Gasteiger partial charge in [0, 0.05) is 17.6 Å². The minimum Gasteiger partial charge on any atom is -0.379 e. The van der Waals surface area contributed by atoms with Gasteiger partial charge in [-0.1, -0.05) is 23.4 Å². The van der Waals surface area contributed by atoms with Crippen LogP contribution in [0.3, 0.4) is 0 Å². The molecule has 8 heteroatoms. The van der Waals surface area contributed by atoms with Crippen molar-refractivity contribution in [3.8, 4) is 0 Å². The van der Waals surface area contributed by atoms with Gasteiger partial charge >= 0.3 is 0 Å². The molecule has 0 bridgehead atoms. The number of aromatic nitrogens is 1. The van der Waals surface area contributed by atoms with Crippen molar-refractivity contribution < 1.29 is 9.18 Å². The van der Waals surface area contributed by atoms with E-state index in [-0.39, 0.29) is 5.69 Å². The van der Waals surface area contributed by atoms with Crippen molar-refractivity contribution in [2.24, 2.45) is 10.7 Å². The van der Waals surface area contributed by atoms with Crippen molar-refractivity contribution in [2.75, 3.05) is 11.1 Å².